The van der Waals surface area contributed by atoms with Crippen molar-refractivity contribution >= 4 is 40.8 Å². The largest absolute Gasteiger partial charge is 0.465 e. The van der Waals surface area contributed by atoms with Gasteiger partial charge in [-0.25, -0.2) is 4.79 Å². The standard InChI is InChI=1S/C51H65N3O10/c1-51(2,3)64-47(55)25-29-61-31-33-63-35-34-62-32-30-60-28-9-11-40-10-8-12-42(36-40)48(56)53-46-24-23-44(54-26-6-5-7-27-54)37-45(46)49(57)52-43-21-17-39(18-22-43)14-13-38-15-19-41(20-16-38)50(58)59-4/h8,10,12,15-24,36-37H,5-7,9,11,13-14,25-35H2,1-4H3,(H,52,57)(H,53,56). The number of anilines is 3. The SMILES string of the molecule is COC(=O)c1ccc(CCc2ccc(NC(=O)c3cc(N4CCCCC4)ccc3NC(=O)c3cccc(CCCOCCOCCOCCOCCC(=O)OC(C)(C)C)c3)cc2)cc1. The molecule has 2 N–H and O–H groups in total. The van der Waals surface area contributed by atoms with Crippen LogP contribution in [0.15, 0.2) is 91.0 Å². The van der Waals surface area contributed by atoms with E-state index in [0.717, 1.165) is 74.0 Å². The summed E-state index contributed by atoms with van der Waals surface area (Å²) in [6.45, 7) is 10.8. The maximum Gasteiger partial charge on any atom is 0.337 e. The van der Waals surface area contributed by atoms with Crippen molar-refractivity contribution in [3.8, 4) is 0 Å². The molecule has 1 heterocycles. The number of rotatable bonds is 25. The normalized spacial score (nSPS) is 12.7. The molecule has 0 spiro atoms. The van der Waals surface area contributed by atoms with Gasteiger partial charge in [0.05, 0.1) is 76.6 Å². The summed E-state index contributed by atoms with van der Waals surface area (Å²) in [5, 5.41) is 6.07. The van der Waals surface area contributed by atoms with E-state index in [1.54, 1.807) is 18.2 Å². The zero-order valence-corrected chi connectivity index (χ0v) is 37.9. The molecule has 1 aliphatic rings. The van der Waals surface area contributed by atoms with Gasteiger partial charge in [-0.2, -0.15) is 0 Å². The number of hydrogen-bond donors (Lipinski definition) is 2. The minimum Gasteiger partial charge on any atom is -0.465 e. The van der Waals surface area contributed by atoms with E-state index in [9.17, 15) is 19.2 Å². The van der Waals surface area contributed by atoms with E-state index in [4.69, 9.17) is 28.4 Å². The van der Waals surface area contributed by atoms with Crippen molar-refractivity contribution in [2.75, 3.05) is 88.6 Å². The van der Waals surface area contributed by atoms with Crippen LogP contribution in [0.5, 0.6) is 0 Å². The van der Waals surface area contributed by atoms with E-state index in [1.807, 2.05) is 93.6 Å². The molecule has 0 radical (unpaired) electrons. The Morgan fingerprint density at radius 2 is 1.20 bits per heavy atom. The number of esters is 2. The summed E-state index contributed by atoms with van der Waals surface area (Å²) in [5.41, 5.74) is 6.19. The maximum atomic E-state index is 13.9. The van der Waals surface area contributed by atoms with Crippen LogP contribution in [-0.4, -0.2) is 102 Å². The average Bonchev–Trinajstić information content (AvgIpc) is 3.29. The van der Waals surface area contributed by atoms with E-state index < -0.39 is 5.60 Å². The Bertz CT molecular complexity index is 2080. The number of carbonyl (C=O) groups is 4. The molecule has 1 aliphatic heterocycles. The number of aryl methyl sites for hydroxylation is 3. The lowest BCUT2D eigenvalue weighted by molar-refractivity contribution is -0.156. The van der Waals surface area contributed by atoms with Crippen LogP contribution in [-0.2, 0) is 52.5 Å². The van der Waals surface area contributed by atoms with Gasteiger partial charge >= 0.3 is 11.9 Å². The van der Waals surface area contributed by atoms with Crippen LogP contribution in [0.4, 0.5) is 17.1 Å². The molecule has 0 atom stereocenters. The number of methoxy groups -OCH3 is 1. The van der Waals surface area contributed by atoms with Crippen molar-refractivity contribution in [2.24, 2.45) is 0 Å². The van der Waals surface area contributed by atoms with Gasteiger partial charge in [0.25, 0.3) is 11.8 Å². The van der Waals surface area contributed by atoms with Crippen molar-refractivity contribution in [2.45, 2.75) is 77.7 Å². The second kappa shape index (κ2) is 26.3. The lowest BCUT2D eigenvalue weighted by Gasteiger charge is -2.29. The summed E-state index contributed by atoms with van der Waals surface area (Å²) in [7, 11) is 1.37. The first-order valence-electron chi connectivity index (χ1n) is 22.4. The van der Waals surface area contributed by atoms with Gasteiger partial charge in [0.1, 0.15) is 5.60 Å². The first kappa shape index (κ1) is 49.4. The first-order chi connectivity index (χ1) is 31.0. The molecule has 64 heavy (non-hydrogen) atoms. The van der Waals surface area contributed by atoms with Crippen LogP contribution in [0.2, 0.25) is 0 Å². The molecule has 5 rings (SSSR count). The molecular formula is C51H65N3O10. The molecule has 0 aromatic heterocycles. The fourth-order valence-electron chi connectivity index (χ4n) is 7.10. The number of amides is 2. The molecule has 0 unspecified atom stereocenters. The average molecular weight is 880 g/mol. The molecule has 4 aromatic rings. The van der Waals surface area contributed by atoms with Gasteiger partial charge in [-0.15, -0.1) is 0 Å². The number of benzene rings is 4. The zero-order chi connectivity index (χ0) is 45.6. The van der Waals surface area contributed by atoms with Gasteiger partial charge in [0, 0.05) is 36.6 Å². The summed E-state index contributed by atoms with van der Waals surface area (Å²) in [6, 6.07) is 28.4. The van der Waals surface area contributed by atoms with Gasteiger partial charge in [-0.05, 0) is 137 Å². The Morgan fingerprint density at radius 1 is 0.594 bits per heavy atom. The van der Waals surface area contributed by atoms with Crippen LogP contribution in [0.3, 0.4) is 0 Å². The number of carbonyl (C=O) groups excluding carboxylic acids is 4. The summed E-state index contributed by atoms with van der Waals surface area (Å²) >= 11 is 0. The van der Waals surface area contributed by atoms with Crippen LogP contribution < -0.4 is 15.5 Å². The number of hydrogen-bond acceptors (Lipinski definition) is 11. The van der Waals surface area contributed by atoms with Crippen LogP contribution in [0.1, 0.15) is 101 Å². The third-order valence-corrected chi connectivity index (χ3v) is 10.4. The third kappa shape index (κ3) is 17.5. The van der Waals surface area contributed by atoms with Crippen LogP contribution in [0.25, 0.3) is 0 Å². The first-order valence-corrected chi connectivity index (χ1v) is 22.4. The topological polar surface area (TPSA) is 151 Å². The highest BCUT2D eigenvalue weighted by atomic mass is 16.6. The molecule has 4 aromatic carbocycles. The second-order valence-corrected chi connectivity index (χ2v) is 16.7. The monoisotopic (exact) mass is 879 g/mol. The fraction of sp³-hybridized carbons (Fsp3) is 0.451. The smallest absolute Gasteiger partial charge is 0.337 e. The van der Waals surface area contributed by atoms with E-state index in [2.05, 4.69) is 15.5 Å². The van der Waals surface area contributed by atoms with Gasteiger partial charge in [-0.1, -0.05) is 36.4 Å². The highest BCUT2D eigenvalue weighted by Gasteiger charge is 2.20. The van der Waals surface area contributed by atoms with Crippen molar-refractivity contribution in [1.29, 1.82) is 0 Å². The van der Waals surface area contributed by atoms with Gasteiger partial charge < -0.3 is 44.0 Å². The van der Waals surface area contributed by atoms with E-state index in [-0.39, 0.29) is 30.2 Å². The number of ether oxygens (including phenoxy) is 6. The van der Waals surface area contributed by atoms with Crippen molar-refractivity contribution in [3.05, 3.63) is 124 Å². The highest BCUT2D eigenvalue weighted by Crippen LogP contribution is 2.28. The Morgan fingerprint density at radius 3 is 1.83 bits per heavy atom. The number of piperidine rings is 1. The zero-order valence-electron chi connectivity index (χ0n) is 37.9. The number of nitrogens with zero attached hydrogens (tertiary/aromatic N) is 1. The Balaban J connectivity index is 1.04. The van der Waals surface area contributed by atoms with Crippen molar-refractivity contribution in [1.82, 2.24) is 0 Å². The lowest BCUT2D eigenvalue weighted by Crippen LogP contribution is -2.29. The quantitative estimate of drug-likeness (QED) is 0.0487. The highest BCUT2D eigenvalue weighted by molar-refractivity contribution is 6.13. The molecule has 1 saturated heterocycles. The Kier molecular flexibility index (Phi) is 20.3. The van der Waals surface area contributed by atoms with Crippen molar-refractivity contribution in [3.63, 3.8) is 0 Å². The second-order valence-electron chi connectivity index (χ2n) is 16.7. The van der Waals surface area contributed by atoms with Gasteiger partial charge in [0.2, 0.25) is 0 Å². The molecular weight excluding hydrogens is 815 g/mol. The molecule has 1 fully saturated rings. The predicted molar refractivity (Wildman–Crippen MR) is 249 cm³/mol. The summed E-state index contributed by atoms with van der Waals surface area (Å²) in [4.78, 5) is 53.3. The molecule has 13 nitrogen and oxygen atoms in total. The summed E-state index contributed by atoms with van der Waals surface area (Å²) in [5.74, 6) is -1.24. The predicted octanol–water partition coefficient (Wildman–Crippen LogP) is 8.48. The molecule has 2 amide bonds. The van der Waals surface area contributed by atoms with Crippen LogP contribution >= 0.6 is 0 Å². The van der Waals surface area contributed by atoms with Crippen LogP contribution in [0, 0.1) is 0 Å². The molecule has 0 saturated carbocycles. The maximum absolute atomic E-state index is 13.9. The van der Waals surface area contributed by atoms with Crippen molar-refractivity contribution < 1.29 is 47.6 Å². The van der Waals surface area contributed by atoms with Gasteiger partial charge in [0.15, 0.2) is 0 Å². The molecule has 13 heteroatoms. The van der Waals surface area contributed by atoms with E-state index >= 15 is 0 Å². The Hall–Kier alpha value is -5.60. The molecule has 0 aliphatic carbocycles. The fourth-order valence-corrected chi connectivity index (χ4v) is 7.10. The minimum atomic E-state index is -0.496. The Labute approximate surface area is 378 Å². The molecule has 0 bridgehead atoms. The molecule has 344 valence electrons. The third-order valence-electron chi connectivity index (χ3n) is 10.4. The van der Waals surface area contributed by atoms with E-state index in [1.165, 1.54) is 13.5 Å². The van der Waals surface area contributed by atoms with Gasteiger partial charge in [-0.3, -0.25) is 14.4 Å². The lowest BCUT2D eigenvalue weighted by atomic mass is 10.0. The minimum absolute atomic E-state index is 0.212. The number of nitrogens with one attached hydrogen (secondary N) is 2. The summed E-state index contributed by atoms with van der Waals surface area (Å²) < 4.78 is 32.3. The summed E-state index contributed by atoms with van der Waals surface area (Å²) in [6.07, 6.45) is 6.69. The van der Waals surface area contributed by atoms with E-state index in [0.29, 0.717) is 80.9 Å².